The monoisotopic (exact) mass is 269 g/mol. The molecule has 0 fully saturated rings. The Bertz CT molecular complexity index is 379. The molecule has 1 aromatic carbocycles. The third-order valence-electron chi connectivity index (χ3n) is 3.87. The molecule has 0 aromatic heterocycles. The number of hydrogen-bond acceptors (Lipinski definition) is 2. The van der Waals surface area contributed by atoms with Gasteiger partial charge < -0.3 is 10.0 Å². The highest BCUT2D eigenvalue weighted by molar-refractivity contribution is 6.30. The summed E-state index contributed by atoms with van der Waals surface area (Å²) in [5.41, 5.74) is 1.07. The fourth-order valence-corrected chi connectivity index (χ4v) is 1.97. The molecule has 1 unspecified atom stereocenters. The molecule has 1 N–H and O–H groups in total. The molecule has 1 rings (SSSR count). The van der Waals surface area contributed by atoms with Gasteiger partial charge in [-0.2, -0.15) is 0 Å². The summed E-state index contributed by atoms with van der Waals surface area (Å²) in [5, 5.41) is 10.8. The van der Waals surface area contributed by atoms with Crippen molar-refractivity contribution in [1.82, 2.24) is 4.90 Å². The zero-order chi connectivity index (χ0) is 13.8. The van der Waals surface area contributed by atoms with Crippen molar-refractivity contribution in [3.63, 3.8) is 0 Å². The van der Waals surface area contributed by atoms with Gasteiger partial charge in [-0.1, -0.05) is 30.7 Å². The third kappa shape index (κ3) is 4.27. The highest BCUT2D eigenvalue weighted by atomic mass is 35.5. The van der Waals surface area contributed by atoms with Gasteiger partial charge in [0.15, 0.2) is 0 Å². The summed E-state index contributed by atoms with van der Waals surface area (Å²) in [7, 11) is 2.11. The van der Waals surface area contributed by atoms with Gasteiger partial charge >= 0.3 is 0 Å². The van der Waals surface area contributed by atoms with Crippen molar-refractivity contribution in [2.75, 3.05) is 13.6 Å². The molecule has 18 heavy (non-hydrogen) atoms. The standard InChI is InChI=1S/C15H24ClNO/c1-5-15(2,3)17(4)10-9-14(18)12-7-6-8-13(16)11-12/h6-8,11,14,18H,5,9-10H2,1-4H3. The first-order valence-electron chi connectivity index (χ1n) is 6.51. The van der Waals surface area contributed by atoms with Gasteiger partial charge in [-0.05, 0) is 51.4 Å². The van der Waals surface area contributed by atoms with Gasteiger partial charge in [0.2, 0.25) is 0 Å². The van der Waals surface area contributed by atoms with E-state index in [1.165, 1.54) is 0 Å². The Labute approximate surface area is 116 Å². The van der Waals surface area contributed by atoms with Crippen LogP contribution < -0.4 is 0 Å². The number of halogens is 1. The van der Waals surface area contributed by atoms with Gasteiger partial charge in [0.25, 0.3) is 0 Å². The first-order chi connectivity index (χ1) is 8.36. The second-order valence-corrected chi connectivity index (χ2v) is 5.88. The lowest BCUT2D eigenvalue weighted by molar-refractivity contribution is 0.105. The van der Waals surface area contributed by atoms with Gasteiger partial charge in [0.05, 0.1) is 6.10 Å². The molecular formula is C15H24ClNO. The molecule has 0 bridgehead atoms. The highest BCUT2D eigenvalue weighted by Gasteiger charge is 2.21. The van der Waals surface area contributed by atoms with Crippen molar-refractivity contribution in [3.8, 4) is 0 Å². The summed E-state index contributed by atoms with van der Waals surface area (Å²) in [6.07, 6.45) is 1.37. The minimum atomic E-state index is -0.446. The summed E-state index contributed by atoms with van der Waals surface area (Å²) < 4.78 is 0. The lowest BCUT2D eigenvalue weighted by atomic mass is 9.99. The number of hydrogen-bond donors (Lipinski definition) is 1. The van der Waals surface area contributed by atoms with Crippen LogP contribution in [0.1, 0.15) is 45.3 Å². The third-order valence-corrected chi connectivity index (χ3v) is 4.11. The zero-order valence-corrected chi connectivity index (χ0v) is 12.5. The number of nitrogens with zero attached hydrogens (tertiary/aromatic N) is 1. The molecule has 0 radical (unpaired) electrons. The van der Waals surface area contributed by atoms with Crippen LogP contribution in [0.2, 0.25) is 5.02 Å². The largest absolute Gasteiger partial charge is 0.388 e. The normalized spacial score (nSPS) is 13.9. The quantitative estimate of drug-likeness (QED) is 0.847. The fraction of sp³-hybridized carbons (Fsp3) is 0.600. The minimum absolute atomic E-state index is 0.175. The Kier molecular flexibility index (Phi) is 5.64. The molecule has 2 nitrogen and oxygen atoms in total. The predicted octanol–water partition coefficient (Wildman–Crippen LogP) is 3.88. The van der Waals surface area contributed by atoms with Crippen molar-refractivity contribution in [2.24, 2.45) is 0 Å². The smallest absolute Gasteiger partial charge is 0.0802 e. The van der Waals surface area contributed by atoms with Gasteiger partial charge in [-0.25, -0.2) is 0 Å². The Hall–Kier alpha value is -0.570. The zero-order valence-electron chi connectivity index (χ0n) is 11.8. The average molecular weight is 270 g/mol. The van der Waals surface area contributed by atoms with E-state index in [-0.39, 0.29) is 5.54 Å². The van der Waals surface area contributed by atoms with E-state index in [9.17, 15) is 5.11 Å². The molecule has 1 aromatic rings. The van der Waals surface area contributed by atoms with Gasteiger partial charge in [-0.15, -0.1) is 0 Å². The van der Waals surface area contributed by atoms with Crippen LogP contribution >= 0.6 is 11.6 Å². The molecule has 0 amide bonds. The van der Waals surface area contributed by atoms with Crippen LogP contribution in [0.15, 0.2) is 24.3 Å². The maximum atomic E-state index is 10.1. The maximum Gasteiger partial charge on any atom is 0.0802 e. The molecule has 0 heterocycles. The van der Waals surface area contributed by atoms with Crippen molar-refractivity contribution >= 4 is 11.6 Å². The number of benzene rings is 1. The summed E-state index contributed by atoms with van der Waals surface area (Å²) in [6, 6.07) is 7.45. The van der Waals surface area contributed by atoms with Crippen molar-refractivity contribution < 1.29 is 5.11 Å². The Balaban J connectivity index is 2.54. The van der Waals surface area contributed by atoms with Crippen LogP contribution in [-0.2, 0) is 0 Å². The van der Waals surface area contributed by atoms with Gasteiger partial charge in [0, 0.05) is 17.1 Å². The Morgan fingerprint density at radius 3 is 2.61 bits per heavy atom. The molecule has 0 saturated carbocycles. The molecule has 0 aliphatic heterocycles. The Morgan fingerprint density at radius 2 is 2.06 bits per heavy atom. The lowest BCUT2D eigenvalue weighted by Crippen LogP contribution is -2.41. The summed E-state index contributed by atoms with van der Waals surface area (Å²) in [6.45, 7) is 7.50. The second-order valence-electron chi connectivity index (χ2n) is 5.45. The van der Waals surface area contributed by atoms with E-state index >= 15 is 0 Å². The number of aliphatic hydroxyl groups excluding tert-OH is 1. The first kappa shape index (κ1) is 15.5. The molecule has 0 saturated heterocycles. The summed E-state index contributed by atoms with van der Waals surface area (Å²) >= 11 is 5.93. The van der Waals surface area contributed by atoms with Crippen molar-refractivity contribution in [1.29, 1.82) is 0 Å². The predicted molar refractivity (Wildman–Crippen MR) is 78.0 cm³/mol. The topological polar surface area (TPSA) is 23.5 Å². The van der Waals surface area contributed by atoms with E-state index in [4.69, 9.17) is 11.6 Å². The molecule has 1 atom stereocenters. The molecular weight excluding hydrogens is 246 g/mol. The van der Waals surface area contributed by atoms with Gasteiger partial charge in [0.1, 0.15) is 0 Å². The summed E-state index contributed by atoms with van der Waals surface area (Å²) in [4.78, 5) is 2.29. The minimum Gasteiger partial charge on any atom is -0.388 e. The van der Waals surface area contributed by atoms with Crippen LogP contribution in [0.5, 0.6) is 0 Å². The van der Waals surface area contributed by atoms with E-state index in [1.807, 2.05) is 24.3 Å². The van der Waals surface area contributed by atoms with Crippen molar-refractivity contribution in [3.05, 3.63) is 34.9 Å². The molecule has 0 aliphatic rings. The maximum absolute atomic E-state index is 10.1. The highest BCUT2D eigenvalue weighted by Crippen LogP contribution is 2.23. The number of rotatable bonds is 6. The van der Waals surface area contributed by atoms with Crippen LogP contribution in [0, 0.1) is 0 Å². The van der Waals surface area contributed by atoms with Crippen LogP contribution in [-0.4, -0.2) is 29.1 Å². The second kappa shape index (κ2) is 6.55. The van der Waals surface area contributed by atoms with E-state index in [1.54, 1.807) is 0 Å². The molecule has 0 spiro atoms. The average Bonchev–Trinajstić information content (AvgIpc) is 2.35. The lowest BCUT2D eigenvalue weighted by Gasteiger charge is -2.35. The summed E-state index contributed by atoms with van der Waals surface area (Å²) in [5.74, 6) is 0. The van der Waals surface area contributed by atoms with E-state index in [0.717, 1.165) is 24.9 Å². The van der Waals surface area contributed by atoms with Crippen LogP contribution in [0.3, 0.4) is 0 Å². The van der Waals surface area contributed by atoms with Gasteiger partial charge in [-0.3, -0.25) is 0 Å². The Morgan fingerprint density at radius 1 is 1.39 bits per heavy atom. The molecule has 102 valence electrons. The van der Waals surface area contributed by atoms with E-state index in [2.05, 4.69) is 32.7 Å². The fourth-order valence-electron chi connectivity index (χ4n) is 1.77. The number of aliphatic hydroxyl groups is 1. The van der Waals surface area contributed by atoms with E-state index < -0.39 is 6.10 Å². The first-order valence-corrected chi connectivity index (χ1v) is 6.89. The van der Waals surface area contributed by atoms with E-state index in [0.29, 0.717) is 5.02 Å². The molecule has 0 aliphatic carbocycles. The van der Waals surface area contributed by atoms with Crippen molar-refractivity contribution in [2.45, 2.75) is 45.3 Å². The van der Waals surface area contributed by atoms with Crippen LogP contribution in [0.25, 0.3) is 0 Å². The molecule has 3 heteroatoms. The SMILES string of the molecule is CCC(C)(C)N(C)CCC(O)c1cccc(Cl)c1. The van der Waals surface area contributed by atoms with Crippen LogP contribution in [0.4, 0.5) is 0 Å².